The smallest absolute Gasteiger partial charge is 0.223 e. The Morgan fingerprint density at radius 1 is 1.35 bits per heavy atom. The van der Waals surface area contributed by atoms with Crippen molar-refractivity contribution in [2.45, 2.75) is 24.5 Å². The number of amides is 1. The third-order valence-corrected chi connectivity index (χ3v) is 6.88. The minimum Gasteiger partial charge on any atom is -0.314 e. The number of benzene rings is 1. The molecule has 0 aliphatic carbocycles. The molecule has 0 aliphatic rings. The first-order valence-corrected chi connectivity index (χ1v) is 10.3. The zero-order chi connectivity index (χ0) is 19.0. The van der Waals surface area contributed by atoms with Crippen molar-refractivity contribution in [1.82, 2.24) is 9.38 Å². The highest BCUT2D eigenvalue weighted by Gasteiger charge is 2.17. The summed E-state index contributed by atoms with van der Waals surface area (Å²) in [6.45, 7) is 3.46. The molecule has 8 heteroatoms. The van der Waals surface area contributed by atoms with E-state index in [2.05, 4.69) is 20.9 Å². The van der Waals surface area contributed by atoms with Crippen LogP contribution in [-0.4, -0.2) is 22.3 Å². The Morgan fingerprint density at radius 2 is 2.08 bits per heavy atom. The number of rotatable bonds is 4. The van der Waals surface area contributed by atoms with Crippen molar-refractivity contribution in [2.24, 2.45) is 0 Å². The van der Waals surface area contributed by atoms with Gasteiger partial charge in [-0.3, -0.25) is 9.20 Å². The molecule has 0 saturated heterocycles. The molecule has 0 saturated carbocycles. The van der Waals surface area contributed by atoms with E-state index in [1.54, 1.807) is 30.9 Å². The highest BCUT2D eigenvalue weighted by Crippen LogP contribution is 2.38. The molecule has 0 radical (unpaired) electrons. The van der Waals surface area contributed by atoms with Crippen LogP contribution in [0.2, 0.25) is 10.0 Å². The molecule has 1 amide bonds. The summed E-state index contributed by atoms with van der Waals surface area (Å²) >= 11 is 18.1. The van der Waals surface area contributed by atoms with Crippen LogP contribution in [0.4, 0.5) is 5.69 Å². The minimum absolute atomic E-state index is 0.0877. The van der Waals surface area contributed by atoms with Crippen LogP contribution in [0.5, 0.6) is 0 Å². The van der Waals surface area contributed by atoms with Crippen LogP contribution in [0.15, 0.2) is 40.0 Å². The second-order valence-corrected chi connectivity index (χ2v) is 8.33. The van der Waals surface area contributed by atoms with Crippen LogP contribution < -0.4 is 4.90 Å². The molecular formula is C18H16BrCl2N3OS. The van der Waals surface area contributed by atoms with Crippen molar-refractivity contribution in [3.05, 3.63) is 56.4 Å². The number of aryl methyl sites for hydroxylation is 1. The van der Waals surface area contributed by atoms with E-state index in [0.717, 1.165) is 26.4 Å². The predicted octanol–water partition coefficient (Wildman–Crippen LogP) is 5.99. The van der Waals surface area contributed by atoms with Crippen molar-refractivity contribution in [1.29, 1.82) is 0 Å². The summed E-state index contributed by atoms with van der Waals surface area (Å²) < 4.78 is 2.94. The second kappa shape index (κ2) is 7.80. The molecule has 26 heavy (non-hydrogen) atoms. The number of carbonyl (C=O) groups excluding carboxylic acids is 1. The van der Waals surface area contributed by atoms with Gasteiger partial charge in [-0.05, 0) is 47.1 Å². The molecule has 3 rings (SSSR count). The van der Waals surface area contributed by atoms with E-state index >= 15 is 0 Å². The van der Waals surface area contributed by atoms with Crippen LogP contribution >= 0.6 is 50.9 Å². The van der Waals surface area contributed by atoms with Gasteiger partial charge in [-0.1, -0.05) is 23.2 Å². The molecule has 0 bridgehead atoms. The second-order valence-electron chi connectivity index (χ2n) is 5.78. The zero-order valence-electron chi connectivity index (χ0n) is 14.4. The molecule has 2 heterocycles. The number of pyridine rings is 1. The maximum atomic E-state index is 11.7. The molecule has 0 aliphatic heterocycles. The number of anilines is 1. The molecule has 0 unspecified atom stereocenters. The average molecular weight is 473 g/mol. The number of nitrogens with zero attached hydrogens (tertiary/aromatic N) is 3. The van der Waals surface area contributed by atoms with E-state index < -0.39 is 0 Å². The highest BCUT2D eigenvalue weighted by molar-refractivity contribution is 9.10. The summed E-state index contributed by atoms with van der Waals surface area (Å²) in [6, 6.07) is 7.53. The maximum absolute atomic E-state index is 11.7. The molecule has 0 spiro atoms. The summed E-state index contributed by atoms with van der Waals surface area (Å²) in [6.07, 6.45) is 1.96. The number of fused-ring (bicyclic) bond motifs is 1. The van der Waals surface area contributed by atoms with E-state index in [0.29, 0.717) is 21.5 Å². The van der Waals surface area contributed by atoms with Crippen molar-refractivity contribution in [3.63, 3.8) is 0 Å². The van der Waals surface area contributed by atoms with E-state index in [4.69, 9.17) is 23.2 Å². The number of carbonyl (C=O) groups is 1. The third-order valence-electron chi connectivity index (χ3n) is 4.09. The predicted molar refractivity (Wildman–Crippen MR) is 113 cm³/mol. The average Bonchev–Trinajstić information content (AvgIpc) is 2.89. The summed E-state index contributed by atoms with van der Waals surface area (Å²) in [4.78, 5) is 18.8. The number of halogens is 3. The van der Waals surface area contributed by atoms with Crippen molar-refractivity contribution < 1.29 is 4.79 Å². The Balaban J connectivity index is 1.94. The van der Waals surface area contributed by atoms with Gasteiger partial charge < -0.3 is 4.90 Å². The summed E-state index contributed by atoms with van der Waals surface area (Å²) in [5.74, 6) is 0.482. The minimum atomic E-state index is -0.0877. The highest BCUT2D eigenvalue weighted by atomic mass is 79.9. The van der Waals surface area contributed by atoms with E-state index in [-0.39, 0.29) is 5.91 Å². The molecule has 0 N–H and O–H groups in total. The van der Waals surface area contributed by atoms with Gasteiger partial charge in [0.15, 0.2) is 5.65 Å². The maximum Gasteiger partial charge on any atom is 0.223 e. The molecule has 3 aromatic rings. The molecule has 2 aromatic heterocycles. The van der Waals surface area contributed by atoms with Crippen LogP contribution in [0, 0.1) is 6.92 Å². The van der Waals surface area contributed by atoms with Crippen LogP contribution in [0.3, 0.4) is 0 Å². The summed E-state index contributed by atoms with van der Waals surface area (Å²) in [7, 11) is 1.69. The van der Waals surface area contributed by atoms with E-state index in [1.807, 2.05) is 29.7 Å². The van der Waals surface area contributed by atoms with Gasteiger partial charge in [-0.2, -0.15) is 0 Å². The monoisotopic (exact) mass is 471 g/mol. The molecule has 0 atom stereocenters. The Morgan fingerprint density at radius 3 is 2.77 bits per heavy atom. The molecule has 4 nitrogen and oxygen atoms in total. The van der Waals surface area contributed by atoms with Gasteiger partial charge >= 0.3 is 0 Å². The standard InChI is InChI=1S/C18H16BrCl2N3OS/c1-10-17(19)24-8-4-5-15(18(24)22-10)26-9-12-13(20)6-7-14(16(12)21)23(3)11(2)25/h4-8H,9H2,1-3H3. The zero-order valence-corrected chi connectivity index (χ0v) is 18.3. The first-order chi connectivity index (χ1) is 12.3. The Kier molecular flexibility index (Phi) is 5.87. The first-order valence-electron chi connectivity index (χ1n) is 7.78. The van der Waals surface area contributed by atoms with Crippen molar-refractivity contribution in [3.8, 4) is 0 Å². The van der Waals surface area contributed by atoms with Crippen LogP contribution in [-0.2, 0) is 10.5 Å². The fraction of sp³-hybridized carbons (Fsp3) is 0.222. The van der Waals surface area contributed by atoms with Gasteiger partial charge in [-0.15, -0.1) is 11.8 Å². The van der Waals surface area contributed by atoms with Crippen LogP contribution in [0.1, 0.15) is 18.2 Å². The first kappa shape index (κ1) is 19.5. The fourth-order valence-corrected chi connectivity index (χ4v) is 4.75. The van der Waals surface area contributed by atoms with E-state index in [1.165, 1.54) is 11.8 Å². The van der Waals surface area contributed by atoms with Gasteiger partial charge in [0.05, 0.1) is 21.3 Å². The molecule has 136 valence electrons. The lowest BCUT2D eigenvalue weighted by molar-refractivity contribution is -0.116. The van der Waals surface area contributed by atoms with Gasteiger partial charge in [-0.25, -0.2) is 4.98 Å². The van der Waals surface area contributed by atoms with Crippen molar-refractivity contribution >= 4 is 68.1 Å². The van der Waals surface area contributed by atoms with E-state index in [9.17, 15) is 4.79 Å². The van der Waals surface area contributed by atoms with Gasteiger partial charge in [0.25, 0.3) is 0 Å². The van der Waals surface area contributed by atoms with Gasteiger partial charge in [0.1, 0.15) is 4.60 Å². The Bertz CT molecular complexity index is 1010. The Labute approximate surface area is 174 Å². The topological polar surface area (TPSA) is 37.6 Å². The normalized spacial score (nSPS) is 11.2. The lowest BCUT2D eigenvalue weighted by Crippen LogP contribution is -2.23. The third kappa shape index (κ3) is 3.60. The van der Waals surface area contributed by atoms with Gasteiger partial charge in [0.2, 0.25) is 5.91 Å². The number of aromatic nitrogens is 2. The van der Waals surface area contributed by atoms with Crippen LogP contribution in [0.25, 0.3) is 5.65 Å². The molecule has 1 aromatic carbocycles. The largest absolute Gasteiger partial charge is 0.314 e. The molecular weight excluding hydrogens is 457 g/mol. The van der Waals surface area contributed by atoms with Gasteiger partial charge in [0, 0.05) is 36.5 Å². The quantitative estimate of drug-likeness (QED) is 0.438. The fourth-order valence-electron chi connectivity index (χ4n) is 2.54. The summed E-state index contributed by atoms with van der Waals surface area (Å²) in [5, 5.41) is 1.08. The van der Waals surface area contributed by atoms with Crippen molar-refractivity contribution in [2.75, 3.05) is 11.9 Å². The number of hydrogen-bond donors (Lipinski definition) is 0. The lowest BCUT2D eigenvalue weighted by atomic mass is 10.2. The molecule has 0 fully saturated rings. The summed E-state index contributed by atoms with van der Waals surface area (Å²) in [5.41, 5.74) is 3.26. The Hall–Kier alpha value is -1.21. The lowest BCUT2D eigenvalue weighted by Gasteiger charge is -2.19. The SMILES string of the molecule is CC(=O)N(C)c1ccc(Cl)c(CSc2cccn3c(Br)c(C)nc23)c1Cl. The number of hydrogen-bond acceptors (Lipinski definition) is 3. The number of thioether (sulfide) groups is 1. The number of imidazole rings is 1.